The fourth-order valence-corrected chi connectivity index (χ4v) is 0.670. The summed E-state index contributed by atoms with van der Waals surface area (Å²) in [6.07, 6.45) is 1.56. The van der Waals surface area contributed by atoms with Gasteiger partial charge in [0.05, 0.1) is 0 Å². The van der Waals surface area contributed by atoms with Gasteiger partial charge >= 0.3 is 0 Å². The summed E-state index contributed by atoms with van der Waals surface area (Å²) in [5.41, 5.74) is 0.743. The molecular formula is C6H12ClN. The fourth-order valence-electron chi connectivity index (χ4n) is 0.484. The molecule has 0 aliphatic carbocycles. The molecule has 0 aliphatic heterocycles. The third kappa shape index (κ3) is 4.13. The molecule has 0 saturated carbocycles. The maximum Gasteiger partial charge on any atom is 0.0359 e. The van der Waals surface area contributed by atoms with E-state index in [0.717, 1.165) is 18.6 Å². The second-order valence-corrected chi connectivity index (χ2v) is 2.69. The van der Waals surface area contributed by atoms with Crippen LogP contribution in [0.4, 0.5) is 0 Å². The Morgan fingerprint density at radius 2 is 2.25 bits per heavy atom. The summed E-state index contributed by atoms with van der Waals surface area (Å²) >= 11 is 5.61. The van der Waals surface area contributed by atoms with Gasteiger partial charge in [-0.15, -0.1) is 11.6 Å². The highest BCUT2D eigenvalue weighted by Crippen LogP contribution is 2.01. The Balaban J connectivity index is 3.25. The third-order valence-electron chi connectivity index (χ3n) is 0.954. The smallest absolute Gasteiger partial charge is 0.0359 e. The minimum absolute atomic E-state index is 0.127. The molecule has 8 heavy (non-hydrogen) atoms. The summed E-state index contributed by atoms with van der Waals surface area (Å²) in [6, 6.07) is 0. The van der Waals surface area contributed by atoms with Gasteiger partial charge < -0.3 is 5.41 Å². The summed E-state index contributed by atoms with van der Waals surface area (Å²) in [6.45, 7) is 3.88. The van der Waals surface area contributed by atoms with E-state index in [9.17, 15) is 0 Å². The van der Waals surface area contributed by atoms with Crippen LogP contribution in [0.15, 0.2) is 0 Å². The predicted octanol–water partition coefficient (Wildman–Crippen LogP) is 2.43. The lowest BCUT2D eigenvalue weighted by Crippen LogP contribution is -2.01. The van der Waals surface area contributed by atoms with E-state index in [1.165, 1.54) is 0 Å². The van der Waals surface area contributed by atoms with Crippen molar-refractivity contribution in [1.82, 2.24) is 0 Å². The van der Waals surface area contributed by atoms with Gasteiger partial charge in [0, 0.05) is 17.5 Å². The van der Waals surface area contributed by atoms with E-state index in [4.69, 9.17) is 17.0 Å². The van der Waals surface area contributed by atoms with E-state index in [0.29, 0.717) is 0 Å². The maximum absolute atomic E-state index is 7.18. The van der Waals surface area contributed by atoms with Crippen molar-refractivity contribution in [1.29, 1.82) is 5.41 Å². The van der Waals surface area contributed by atoms with Crippen molar-refractivity contribution in [2.24, 2.45) is 0 Å². The molecule has 1 atom stereocenters. The summed E-state index contributed by atoms with van der Waals surface area (Å²) in [5, 5.41) is 7.31. The monoisotopic (exact) mass is 133 g/mol. The van der Waals surface area contributed by atoms with Crippen molar-refractivity contribution in [3.63, 3.8) is 0 Å². The highest BCUT2D eigenvalue weighted by Gasteiger charge is 1.97. The van der Waals surface area contributed by atoms with Crippen LogP contribution in [0, 0.1) is 5.41 Å². The Labute approximate surface area is 55.6 Å². The zero-order chi connectivity index (χ0) is 6.57. The van der Waals surface area contributed by atoms with E-state index in [2.05, 4.69) is 0 Å². The van der Waals surface area contributed by atoms with E-state index < -0.39 is 0 Å². The van der Waals surface area contributed by atoms with Gasteiger partial charge in [0.25, 0.3) is 0 Å². The Morgan fingerprint density at radius 1 is 1.75 bits per heavy atom. The highest BCUT2D eigenvalue weighted by atomic mass is 35.5. The lowest BCUT2D eigenvalue weighted by atomic mass is 10.2. The number of hydrogen-bond acceptors (Lipinski definition) is 1. The first kappa shape index (κ1) is 7.96. The number of halogens is 1. The normalized spacial score (nSPS) is 13.4. The SMILES string of the molecule is CCC(=N)CC(C)Cl. The van der Waals surface area contributed by atoms with Crippen LogP contribution in [0.1, 0.15) is 26.7 Å². The van der Waals surface area contributed by atoms with Crippen molar-refractivity contribution in [3.8, 4) is 0 Å². The van der Waals surface area contributed by atoms with Gasteiger partial charge in [-0.25, -0.2) is 0 Å². The van der Waals surface area contributed by atoms with E-state index in [1.54, 1.807) is 0 Å². The van der Waals surface area contributed by atoms with Crippen LogP contribution in [-0.2, 0) is 0 Å². The summed E-state index contributed by atoms with van der Waals surface area (Å²) in [5.74, 6) is 0. The molecule has 0 aliphatic rings. The zero-order valence-electron chi connectivity index (χ0n) is 5.37. The molecule has 0 fully saturated rings. The van der Waals surface area contributed by atoms with Gasteiger partial charge in [0.15, 0.2) is 0 Å². The van der Waals surface area contributed by atoms with Gasteiger partial charge in [0.1, 0.15) is 0 Å². The Morgan fingerprint density at radius 3 is 2.38 bits per heavy atom. The summed E-state index contributed by atoms with van der Waals surface area (Å²) in [4.78, 5) is 0. The Kier molecular flexibility index (Phi) is 3.88. The lowest BCUT2D eigenvalue weighted by molar-refractivity contribution is 0.967. The summed E-state index contributed by atoms with van der Waals surface area (Å²) in [7, 11) is 0. The van der Waals surface area contributed by atoms with Crippen LogP contribution in [-0.4, -0.2) is 11.1 Å². The van der Waals surface area contributed by atoms with Crippen molar-refractivity contribution in [2.75, 3.05) is 0 Å². The highest BCUT2D eigenvalue weighted by molar-refractivity contribution is 6.21. The quantitative estimate of drug-likeness (QED) is 0.452. The van der Waals surface area contributed by atoms with Gasteiger partial charge in [-0.2, -0.15) is 0 Å². The minimum atomic E-state index is 0.127. The fraction of sp³-hybridized carbons (Fsp3) is 0.833. The van der Waals surface area contributed by atoms with Gasteiger partial charge in [0.2, 0.25) is 0 Å². The van der Waals surface area contributed by atoms with Crippen LogP contribution in [0.5, 0.6) is 0 Å². The standard InChI is InChI=1S/C6H12ClN/c1-3-6(8)4-5(2)7/h5,8H,3-4H2,1-2H3. The molecule has 0 aromatic rings. The minimum Gasteiger partial charge on any atom is -0.310 e. The van der Waals surface area contributed by atoms with Gasteiger partial charge in [-0.3, -0.25) is 0 Å². The van der Waals surface area contributed by atoms with E-state index >= 15 is 0 Å². The molecule has 0 radical (unpaired) electrons. The number of alkyl halides is 1. The van der Waals surface area contributed by atoms with E-state index in [1.807, 2.05) is 13.8 Å². The first-order chi connectivity index (χ1) is 3.66. The molecule has 0 amide bonds. The molecule has 0 aromatic carbocycles. The molecule has 1 N–H and O–H groups in total. The first-order valence-corrected chi connectivity index (χ1v) is 3.30. The Hall–Kier alpha value is -0.0400. The maximum atomic E-state index is 7.18. The molecule has 1 unspecified atom stereocenters. The average molecular weight is 134 g/mol. The number of nitrogens with one attached hydrogen (secondary N) is 1. The van der Waals surface area contributed by atoms with Crippen LogP contribution in [0.3, 0.4) is 0 Å². The number of rotatable bonds is 3. The molecule has 0 spiro atoms. The molecular weight excluding hydrogens is 122 g/mol. The van der Waals surface area contributed by atoms with Crippen molar-refractivity contribution in [2.45, 2.75) is 32.1 Å². The van der Waals surface area contributed by atoms with Crippen LogP contribution >= 0.6 is 11.6 Å². The zero-order valence-corrected chi connectivity index (χ0v) is 6.13. The second kappa shape index (κ2) is 3.90. The van der Waals surface area contributed by atoms with Crippen molar-refractivity contribution >= 4 is 17.3 Å². The van der Waals surface area contributed by atoms with Crippen LogP contribution in [0.2, 0.25) is 0 Å². The lowest BCUT2D eigenvalue weighted by Gasteiger charge is -1.99. The van der Waals surface area contributed by atoms with Crippen LogP contribution < -0.4 is 0 Å². The molecule has 2 heteroatoms. The molecule has 0 bridgehead atoms. The van der Waals surface area contributed by atoms with Gasteiger partial charge in [-0.05, 0) is 13.3 Å². The number of hydrogen-bond donors (Lipinski definition) is 1. The molecule has 0 rings (SSSR count). The molecule has 0 aromatic heterocycles. The Bertz CT molecular complexity index is 78.6. The van der Waals surface area contributed by atoms with Crippen molar-refractivity contribution < 1.29 is 0 Å². The third-order valence-corrected chi connectivity index (χ3v) is 1.11. The average Bonchev–Trinajstić information content (AvgIpc) is 1.65. The van der Waals surface area contributed by atoms with Crippen molar-refractivity contribution in [3.05, 3.63) is 0 Å². The van der Waals surface area contributed by atoms with E-state index in [-0.39, 0.29) is 5.38 Å². The predicted molar refractivity (Wildman–Crippen MR) is 37.9 cm³/mol. The molecule has 1 nitrogen and oxygen atoms in total. The second-order valence-electron chi connectivity index (χ2n) is 1.94. The largest absolute Gasteiger partial charge is 0.310 e. The molecule has 48 valence electrons. The van der Waals surface area contributed by atoms with Gasteiger partial charge in [-0.1, -0.05) is 6.92 Å². The van der Waals surface area contributed by atoms with Crippen LogP contribution in [0.25, 0.3) is 0 Å². The summed E-state index contributed by atoms with van der Waals surface area (Å²) < 4.78 is 0. The molecule has 0 heterocycles. The molecule has 0 saturated heterocycles. The topological polar surface area (TPSA) is 23.9 Å². The first-order valence-electron chi connectivity index (χ1n) is 2.87.